The largest absolute Gasteiger partial charge is 0.501 e. The van der Waals surface area contributed by atoms with Crippen LogP contribution < -0.4 is 0 Å². The van der Waals surface area contributed by atoms with Gasteiger partial charge in [-0.2, -0.15) is 0 Å². The molecule has 26 heavy (non-hydrogen) atoms. The summed E-state index contributed by atoms with van der Waals surface area (Å²) in [4.78, 5) is 0. The number of hydrogen-bond acceptors (Lipinski definition) is 2. The Bertz CT molecular complexity index is 657. The molecular formula is C24H36O2. The van der Waals surface area contributed by atoms with Crippen molar-refractivity contribution in [3.8, 4) is 0 Å². The number of aliphatic hydroxyl groups is 1. The van der Waals surface area contributed by atoms with Gasteiger partial charge >= 0.3 is 0 Å². The van der Waals surface area contributed by atoms with E-state index < -0.39 is 5.60 Å². The predicted octanol–water partition coefficient (Wildman–Crippen LogP) is 5.93. The highest BCUT2D eigenvalue weighted by atomic mass is 16.5. The Labute approximate surface area is 159 Å². The number of methoxy groups -OCH3 is 1. The van der Waals surface area contributed by atoms with E-state index in [2.05, 4.69) is 26.5 Å². The van der Waals surface area contributed by atoms with E-state index in [1.54, 1.807) is 18.3 Å². The molecule has 0 amide bonds. The molecule has 0 unspecified atom stereocenters. The lowest BCUT2D eigenvalue weighted by atomic mass is 9.50. The SMILES string of the molecule is C=C(C)C[C@]1(O)CC[C@H]2[C@@H]3CCC4=C(CC=C(OC)C4)[C@H]3CC[C@@]21CC. The molecule has 4 aliphatic carbocycles. The Morgan fingerprint density at radius 1 is 1.31 bits per heavy atom. The van der Waals surface area contributed by atoms with Gasteiger partial charge in [0.1, 0.15) is 0 Å². The minimum absolute atomic E-state index is 0.118. The van der Waals surface area contributed by atoms with Crippen LogP contribution in [0.15, 0.2) is 35.1 Å². The number of allylic oxidation sites excluding steroid dienone is 3. The Hall–Kier alpha value is -1.02. The molecule has 5 atom stereocenters. The number of fused-ring (bicyclic) bond motifs is 4. The average molecular weight is 357 g/mol. The molecule has 0 aromatic heterocycles. The lowest BCUT2D eigenvalue weighted by Crippen LogP contribution is -2.53. The van der Waals surface area contributed by atoms with Crippen LogP contribution in [0.2, 0.25) is 0 Å². The van der Waals surface area contributed by atoms with Gasteiger partial charge in [-0.3, -0.25) is 0 Å². The van der Waals surface area contributed by atoms with Crippen LogP contribution in [0, 0.1) is 23.2 Å². The molecule has 0 aromatic carbocycles. The number of ether oxygens (including phenoxy) is 1. The van der Waals surface area contributed by atoms with Crippen molar-refractivity contribution >= 4 is 0 Å². The standard InChI is InChI=1S/C24H36O2/c1-5-23-12-10-20-19-9-7-18(26-4)14-17(19)6-8-21(20)22(23)11-13-24(23,25)15-16(2)3/h7,20-22,25H,2,5-6,8-15H2,1,3-4H3/t20-,21-,22+,23+,24-/m1/s1. The molecule has 0 aromatic rings. The normalized spacial score (nSPS) is 41.8. The van der Waals surface area contributed by atoms with Crippen molar-refractivity contribution in [2.24, 2.45) is 23.2 Å². The van der Waals surface area contributed by atoms with Crippen molar-refractivity contribution in [1.29, 1.82) is 0 Å². The molecule has 4 aliphatic rings. The Morgan fingerprint density at radius 2 is 2.12 bits per heavy atom. The van der Waals surface area contributed by atoms with E-state index >= 15 is 0 Å². The highest BCUT2D eigenvalue weighted by molar-refractivity contribution is 5.33. The fourth-order valence-corrected chi connectivity index (χ4v) is 7.50. The van der Waals surface area contributed by atoms with Gasteiger partial charge in [0.05, 0.1) is 18.5 Å². The summed E-state index contributed by atoms with van der Waals surface area (Å²) >= 11 is 0. The van der Waals surface area contributed by atoms with E-state index in [1.807, 2.05) is 0 Å². The Morgan fingerprint density at radius 3 is 2.81 bits per heavy atom. The van der Waals surface area contributed by atoms with Crippen molar-refractivity contribution in [3.05, 3.63) is 35.1 Å². The van der Waals surface area contributed by atoms with Crippen LogP contribution in [-0.4, -0.2) is 17.8 Å². The van der Waals surface area contributed by atoms with Gasteiger partial charge in [-0.25, -0.2) is 0 Å². The molecule has 2 heteroatoms. The summed E-state index contributed by atoms with van der Waals surface area (Å²) in [5.41, 5.74) is 4.15. The maximum Gasteiger partial charge on any atom is 0.0959 e. The summed E-state index contributed by atoms with van der Waals surface area (Å²) in [6.45, 7) is 8.54. The molecule has 0 heterocycles. The van der Waals surface area contributed by atoms with E-state index in [4.69, 9.17) is 4.74 Å². The summed E-state index contributed by atoms with van der Waals surface area (Å²) in [7, 11) is 1.81. The molecule has 0 bridgehead atoms. The Balaban J connectivity index is 1.62. The molecular weight excluding hydrogens is 320 g/mol. The smallest absolute Gasteiger partial charge is 0.0959 e. The first kappa shape index (κ1) is 18.3. The van der Waals surface area contributed by atoms with Gasteiger partial charge in [-0.1, -0.05) is 23.6 Å². The molecule has 0 spiro atoms. The zero-order valence-corrected chi connectivity index (χ0v) is 16.9. The minimum Gasteiger partial charge on any atom is -0.501 e. The van der Waals surface area contributed by atoms with Crippen molar-refractivity contribution in [3.63, 3.8) is 0 Å². The van der Waals surface area contributed by atoms with Gasteiger partial charge in [0.15, 0.2) is 0 Å². The van der Waals surface area contributed by atoms with Crippen LogP contribution in [0.4, 0.5) is 0 Å². The van der Waals surface area contributed by atoms with E-state index in [0.717, 1.165) is 55.3 Å². The van der Waals surface area contributed by atoms with Crippen molar-refractivity contribution in [1.82, 2.24) is 0 Å². The first-order chi connectivity index (χ1) is 12.4. The molecule has 4 rings (SSSR count). The molecule has 0 aliphatic heterocycles. The molecule has 2 fully saturated rings. The van der Waals surface area contributed by atoms with Crippen LogP contribution in [0.1, 0.15) is 78.1 Å². The fraction of sp³-hybridized carbons (Fsp3) is 0.750. The van der Waals surface area contributed by atoms with E-state index in [-0.39, 0.29) is 5.41 Å². The molecule has 144 valence electrons. The lowest BCUT2D eigenvalue weighted by Gasteiger charge is -2.55. The summed E-state index contributed by atoms with van der Waals surface area (Å²) in [6.07, 6.45) is 13.6. The van der Waals surface area contributed by atoms with Crippen molar-refractivity contribution in [2.75, 3.05) is 7.11 Å². The van der Waals surface area contributed by atoms with Crippen LogP contribution in [-0.2, 0) is 4.74 Å². The number of hydrogen-bond donors (Lipinski definition) is 1. The first-order valence-corrected chi connectivity index (χ1v) is 10.7. The van der Waals surface area contributed by atoms with Gasteiger partial charge in [0.25, 0.3) is 0 Å². The predicted molar refractivity (Wildman–Crippen MR) is 107 cm³/mol. The zero-order chi connectivity index (χ0) is 18.5. The quantitative estimate of drug-likeness (QED) is 0.633. The summed E-state index contributed by atoms with van der Waals surface area (Å²) in [6, 6.07) is 0. The molecule has 1 N–H and O–H groups in total. The lowest BCUT2D eigenvalue weighted by molar-refractivity contribution is -0.119. The van der Waals surface area contributed by atoms with E-state index in [9.17, 15) is 5.11 Å². The van der Waals surface area contributed by atoms with Crippen LogP contribution in [0.25, 0.3) is 0 Å². The molecule has 2 nitrogen and oxygen atoms in total. The van der Waals surface area contributed by atoms with E-state index in [0.29, 0.717) is 5.92 Å². The second-order valence-corrected chi connectivity index (χ2v) is 9.55. The molecule has 0 radical (unpaired) electrons. The third-order valence-electron chi connectivity index (χ3n) is 8.55. The summed E-state index contributed by atoms with van der Waals surface area (Å²) in [5.74, 6) is 3.39. The molecule has 2 saturated carbocycles. The van der Waals surface area contributed by atoms with Gasteiger partial charge in [0.2, 0.25) is 0 Å². The minimum atomic E-state index is -0.520. The monoisotopic (exact) mass is 356 g/mol. The van der Waals surface area contributed by atoms with Crippen molar-refractivity contribution < 1.29 is 9.84 Å². The second-order valence-electron chi connectivity index (χ2n) is 9.55. The Kier molecular flexibility index (Phi) is 4.62. The maximum atomic E-state index is 11.7. The van der Waals surface area contributed by atoms with Crippen LogP contribution >= 0.6 is 0 Å². The van der Waals surface area contributed by atoms with Gasteiger partial charge in [0, 0.05) is 11.8 Å². The average Bonchev–Trinajstić information content (AvgIpc) is 2.93. The summed E-state index contributed by atoms with van der Waals surface area (Å²) in [5, 5.41) is 11.7. The third kappa shape index (κ3) is 2.55. The molecule has 0 saturated heterocycles. The zero-order valence-electron chi connectivity index (χ0n) is 16.9. The summed E-state index contributed by atoms with van der Waals surface area (Å²) < 4.78 is 5.53. The van der Waals surface area contributed by atoms with Crippen LogP contribution in [0.5, 0.6) is 0 Å². The highest BCUT2D eigenvalue weighted by Gasteiger charge is 2.62. The number of rotatable bonds is 4. The first-order valence-electron chi connectivity index (χ1n) is 10.7. The van der Waals surface area contributed by atoms with Gasteiger partial charge in [-0.05, 0) is 88.5 Å². The second kappa shape index (κ2) is 6.55. The van der Waals surface area contributed by atoms with Gasteiger partial charge in [-0.15, -0.1) is 6.58 Å². The van der Waals surface area contributed by atoms with E-state index in [1.165, 1.54) is 32.1 Å². The fourth-order valence-electron chi connectivity index (χ4n) is 7.50. The highest BCUT2D eigenvalue weighted by Crippen LogP contribution is 2.66. The maximum absolute atomic E-state index is 11.7. The van der Waals surface area contributed by atoms with Crippen LogP contribution in [0.3, 0.4) is 0 Å². The third-order valence-corrected chi connectivity index (χ3v) is 8.55. The topological polar surface area (TPSA) is 29.5 Å². The van der Waals surface area contributed by atoms with Crippen molar-refractivity contribution in [2.45, 2.75) is 83.7 Å². The van der Waals surface area contributed by atoms with Gasteiger partial charge < -0.3 is 9.84 Å².